The number of aryl methyl sites for hydroxylation is 2. The quantitative estimate of drug-likeness (QED) is 0.814. The summed E-state index contributed by atoms with van der Waals surface area (Å²) in [6.45, 7) is 4.08. The van der Waals surface area contributed by atoms with E-state index in [4.69, 9.17) is 9.47 Å². The van der Waals surface area contributed by atoms with E-state index < -0.39 is 30.0 Å². The molecule has 3 rings (SSSR count). The maximum atomic E-state index is 13.9. The van der Waals surface area contributed by atoms with Gasteiger partial charge in [0.2, 0.25) is 0 Å². The highest BCUT2D eigenvalue weighted by Crippen LogP contribution is 2.26. The molecule has 1 aliphatic heterocycles. The number of esters is 1. The van der Waals surface area contributed by atoms with Gasteiger partial charge in [-0.2, -0.15) is 0 Å². The van der Waals surface area contributed by atoms with Gasteiger partial charge in [0.15, 0.2) is 11.6 Å². The average Bonchev–Trinajstić information content (AvgIpc) is 3.10. The van der Waals surface area contributed by atoms with Crippen molar-refractivity contribution in [3.63, 3.8) is 0 Å². The maximum absolute atomic E-state index is 13.9. The first kappa shape index (κ1) is 19.7. The summed E-state index contributed by atoms with van der Waals surface area (Å²) in [5.74, 6) is -0.933. The number of benzene rings is 2. The van der Waals surface area contributed by atoms with Crippen LogP contribution in [0.1, 0.15) is 17.5 Å². The molecule has 0 radical (unpaired) electrons. The number of hydrogen-bond donors (Lipinski definition) is 1. The molecule has 6 nitrogen and oxygen atoms in total. The lowest BCUT2D eigenvalue weighted by molar-refractivity contribution is -0.144. The summed E-state index contributed by atoms with van der Waals surface area (Å²) in [5, 5.41) is 2.81. The molecular formula is C21H23FN2O4. The smallest absolute Gasteiger partial charge is 0.328 e. The van der Waals surface area contributed by atoms with Crippen molar-refractivity contribution in [3.8, 4) is 5.75 Å². The van der Waals surface area contributed by atoms with E-state index in [1.807, 2.05) is 26.0 Å². The van der Waals surface area contributed by atoms with Crippen molar-refractivity contribution in [1.29, 1.82) is 0 Å². The second kappa shape index (κ2) is 8.29. The number of urea groups is 1. The number of methoxy groups -OCH3 is 1. The summed E-state index contributed by atoms with van der Waals surface area (Å²) >= 11 is 0. The third-order valence-corrected chi connectivity index (χ3v) is 4.89. The van der Waals surface area contributed by atoms with Crippen LogP contribution in [0.2, 0.25) is 0 Å². The molecule has 148 valence electrons. The van der Waals surface area contributed by atoms with Crippen molar-refractivity contribution in [2.75, 3.05) is 19.0 Å². The molecular weight excluding hydrogens is 363 g/mol. The summed E-state index contributed by atoms with van der Waals surface area (Å²) in [4.78, 5) is 26.3. The van der Waals surface area contributed by atoms with Crippen LogP contribution in [-0.2, 0) is 9.53 Å². The Hall–Kier alpha value is -3.09. The Morgan fingerprint density at radius 1 is 1.14 bits per heavy atom. The van der Waals surface area contributed by atoms with Crippen molar-refractivity contribution in [3.05, 3.63) is 59.4 Å². The zero-order valence-corrected chi connectivity index (χ0v) is 16.1. The van der Waals surface area contributed by atoms with Crippen LogP contribution < -0.4 is 10.1 Å². The Labute approximate surface area is 163 Å². The number of anilines is 1. The van der Waals surface area contributed by atoms with Gasteiger partial charge in [-0.25, -0.2) is 14.0 Å². The summed E-state index contributed by atoms with van der Waals surface area (Å²) in [6, 6.07) is 10.4. The number of para-hydroxylation sites is 1. The molecule has 2 aromatic carbocycles. The Morgan fingerprint density at radius 2 is 1.89 bits per heavy atom. The van der Waals surface area contributed by atoms with Gasteiger partial charge in [-0.15, -0.1) is 0 Å². The monoisotopic (exact) mass is 386 g/mol. The molecule has 1 saturated heterocycles. The van der Waals surface area contributed by atoms with E-state index in [0.717, 1.165) is 11.1 Å². The van der Waals surface area contributed by atoms with Crippen LogP contribution in [0.4, 0.5) is 14.9 Å². The van der Waals surface area contributed by atoms with Gasteiger partial charge in [0, 0.05) is 12.1 Å². The zero-order chi connectivity index (χ0) is 20.3. The van der Waals surface area contributed by atoms with Gasteiger partial charge < -0.3 is 19.7 Å². The van der Waals surface area contributed by atoms with Gasteiger partial charge in [0.25, 0.3) is 0 Å². The minimum Gasteiger partial charge on any atom is -0.485 e. The van der Waals surface area contributed by atoms with Crippen molar-refractivity contribution >= 4 is 17.7 Å². The fourth-order valence-electron chi connectivity index (χ4n) is 3.20. The Bertz CT molecular complexity index is 886. The molecule has 1 heterocycles. The highest BCUT2D eigenvalue weighted by atomic mass is 19.1. The fraction of sp³-hybridized carbons (Fsp3) is 0.333. The Morgan fingerprint density at radius 3 is 2.57 bits per heavy atom. The molecule has 2 unspecified atom stereocenters. The molecule has 0 bridgehead atoms. The third kappa shape index (κ3) is 4.24. The number of ether oxygens (including phenoxy) is 2. The van der Waals surface area contributed by atoms with Gasteiger partial charge in [-0.05, 0) is 49.2 Å². The molecule has 0 aromatic heterocycles. The first-order valence-corrected chi connectivity index (χ1v) is 9.03. The molecule has 1 N–H and O–H groups in total. The predicted molar refractivity (Wildman–Crippen MR) is 103 cm³/mol. The van der Waals surface area contributed by atoms with E-state index in [0.29, 0.717) is 5.69 Å². The van der Waals surface area contributed by atoms with E-state index in [9.17, 15) is 14.0 Å². The molecule has 2 atom stereocenters. The SMILES string of the molecule is COC(=O)C1CC(Oc2ccccc2F)CN1C(=O)Nc1ccc(C)c(C)c1. The van der Waals surface area contributed by atoms with E-state index in [-0.39, 0.29) is 18.7 Å². The number of rotatable bonds is 4. The minimum atomic E-state index is -0.798. The molecule has 2 aromatic rings. The van der Waals surface area contributed by atoms with Crippen LogP contribution >= 0.6 is 0 Å². The van der Waals surface area contributed by atoms with Crippen LogP contribution in [-0.4, -0.2) is 42.7 Å². The fourth-order valence-corrected chi connectivity index (χ4v) is 3.20. The van der Waals surface area contributed by atoms with Crippen molar-refractivity contribution in [2.45, 2.75) is 32.4 Å². The number of carbonyl (C=O) groups excluding carboxylic acids is 2. The molecule has 0 spiro atoms. The summed E-state index contributed by atoms with van der Waals surface area (Å²) in [5.41, 5.74) is 2.80. The van der Waals surface area contributed by atoms with Gasteiger partial charge in [0.1, 0.15) is 12.1 Å². The predicted octanol–water partition coefficient (Wildman–Crippen LogP) is 3.67. The Kier molecular flexibility index (Phi) is 5.82. The van der Waals surface area contributed by atoms with Gasteiger partial charge in [-0.1, -0.05) is 18.2 Å². The number of nitrogens with zero attached hydrogens (tertiary/aromatic N) is 1. The number of amides is 2. The first-order valence-electron chi connectivity index (χ1n) is 9.03. The molecule has 28 heavy (non-hydrogen) atoms. The number of halogens is 1. The topological polar surface area (TPSA) is 67.9 Å². The second-order valence-corrected chi connectivity index (χ2v) is 6.83. The lowest BCUT2D eigenvalue weighted by atomic mass is 10.1. The third-order valence-electron chi connectivity index (χ3n) is 4.89. The zero-order valence-electron chi connectivity index (χ0n) is 16.1. The molecule has 1 fully saturated rings. The second-order valence-electron chi connectivity index (χ2n) is 6.83. The number of likely N-dealkylation sites (tertiary alicyclic amines) is 1. The van der Waals surface area contributed by atoms with Crippen LogP contribution in [0, 0.1) is 19.7 Å². The number of carbonyl (C=O) groups is 2. The highest BCUT2D eigenvalue weighted by Gasteiger charge is 2.41. The van der Waals surface area contributed by atoms with Gasteiger partial charge >= 0.3 is 12.0 Å². The molecule has 0 saturated carbocycles. The number of nitrogens with one attached hydrogen (secondary N) is 1. The molecule has 1 aliphatic rings. The maximum Gasteiger partial charge on any atom is 0.328 e. The van der Waals surface area contributed by atoms with Gasteiger partial charge in [0.05, 0.1) is 13.7 Å². The largest absolute Gasteiger partial charge is 0.485 e. The lowest BCUT2D eigenvalue weighted by Crippen LogP contribution is -2.43. The van der Waals surface area contributed by atoms with E-state index >= 15 is 0 Å². The van der Waals surface area contributed by atoms with Crippen LogP contribution in [0.5, 0.6) is 5.75 Å². The van der Waals surface area contributed by atoms with Crippen LogP contribution in [0.25, 0.3) is 0 Å². The lowest BCUT2D eigenvalue weighted by Gasteiger charge is -2.23. The molecule has 2 amide bonds. The Balaban J connectivity index is 1.75. The standard InChI is InChI=1S/C21H23FN2O4/c1-13-8-9-15(10-14(13)2)23-21(26)24-12-16(11-18(24)20(25)27-3)28-19-7-5-4-6-17(19)22/h4-10,16,18H,11-12H2,1-3H3,(H,23,26). The normalized spacial score (nSPS) is 18.6. The van der Waals surface area contributed by atoms with E-state index in [2.05, 4.69) is 5.32 Å². The van der Waals surface area contributed by atoms with Crippen LogP contribution in [0.15, 0.2) is 42.5 Å². The van der Waals surface area contributed by atoms with Crippen molar-refractivity contribution in [1.82, 2.24) is 4.90 Å². The van der Waals surface area contributed by atoms with Crippen molar-refractivity contribution in [2.24, 2.45) is 0 Å². The first-order chi connectivity index (χ1) is 13.4. The average molecular weight is 386 g/mol. The van der Waals surface area contributed by atoms with Crippen LogP contribution in [0.3, 0.4) is 0 Å². The number of hydrogen-bond acceptors (Lipinski definition) is 4. The summed E-state index contributed by atoms with van der Waals surface area (Å²) in [7, 11) is 1.27. The summed E-state index contributed by atoms with van der Waals surface area (Å²) < 4.78 is 24.4. The minimum absolute atomic E-state index is 0.0903. The molecule has 7 heteroatoms. The van der Waals surface area contributed by atoms with E-state index in [1.165, 1.54) is 24.1 Å². The van der Waals surface area contributed by atoms with Crippen molar-refractivity contribution < 1.29 is 23.5 Å². The highest BCUT2D eigenvalue weighted by molar-refractivity contribution is 5.93. The van der Waals surface area contributed by atoms with Gasteiger partial charge in [-0.3, -0.25) is 0 Å². The summed E-state index contributed by atoms with van der Waals surface area (Å²) in [6.07, 6.45) is -0.298. The van der Waals surface area contributed by atoms with E-state index in [1.54, 1.807) is 18.2 Å². The molecule has 0 aliphatic carbocycles.